The van der Waals surface area contributed by atoms with Crippen molar-refractivity contribution in [1.82, 2.24) is 14.1 Å². The molecule has 4 rings (SSSR count). The molecule has 1 saturated heterocycles. The van der Waals surface area contributed by atoms with Crippen molar-refractivity contribution < 1.29 is 22.3 Å². The molecule has 0 aliphatic carbocycles. The average Bonchev–Trinajstić information content (AvgIpc) is 3.11. The molecule has 0 radical (unpaired) electrons. The van der Waals surface area contributed by atoms with E-state index in [1.54, 1.807) is 25.1 Å². The molecule has 1 aliphatic heterocycles. The predicted octanol–water partition coefficient (Wildman–Crippen LogP) is 3.89. The Labute approximate surface area is 196 Å². The molecule has 10 heteroatoms. The fourth-order valence-corrected chi connectivity index (χ4v) is 5.18. The molecule has 0 atom stereocenters. The third kappa shape index (κ3) is 4.91. The van der Waals surface area contributed by atoms with Gasteiger partial charge in [0, 0.05) is 24.2 Å². The van der Waals surface area contributed by atoms with Crippen LogP contribution in [0, 0.1) is 12.7 Å². The second-order valence-electron chi connectivity index (χ2n) is 7.42. The van der Waals surface area contributed by atoms with Crippen LogP contribution in [-0.2, 0) is 14.8 Å². The molecular formula is C23H21ClFN3O4S. The van der Waals surface area contributed by atoms with Crippen LogP contribution < -0.4 is 0 Å². The minimum Gasteiger partial charge on any atom is -0.379 e. The van der Waals surface area contributed by atoms with E-state index in [4.69, 9.17) is 16.3 Å². The summed E-state index contributed by atoms with van der Waals surface area (Å²) < 4.78 is 46.7. The van der Waals surface area contributed by atoms with Gasteiger partial charge in [-0.2, -0.15) is 9.40 Å². The smallest absolute Gasteiger partial charge is 0.243 e. The molecule has 2 heterocycles. The number of sulfonamides is 1. The van der Waals surface area contributed by atoms with Crippen LogP contribution >= 0.6 is 11.6 Å². The molecule has 7 nitrogen and oxygen atoms in total. The highest BCUT2D eigenvalue weighted by atomic mass is 35.5. The van der Waals surface area contributed by atoms with Crippen molar-refractivity contribution in [3.05, 3.63) is 82.4 Å². The lowest BCUT2D eigenvalue weighted by Gasteiger charge is -2.26. The first-order valence-electron chi connectivity index (χ1n) is 10.2. The van der Waals surface area contributed by atoms with Crippen molar-refractivity contribution in [3.63, 3.8) is 0 Å². The number of morpholine rings is 1. The first-order chi connectivity index (χ1) is 15.8. The predicted molar refractivity (Wildman–Crippen MR) is 123 cm³/mol. The maximum absolute atomic E-state index is 13.2. The molecule has 1 aliphatic rings. The average molecular weight is 490 g/mol. The quantitative estimate of drug-likeness (QED) is 0.387. The largest absolute Gasteiger partial charge is 0.379 e. The lowest BCUT2D eigenvalue weighted by Crippen LogP contribution is -2.40. The van der Waals surface area contributed by atoms with Crippen LogP contribution in [0.15, 0.2) is 59.5 Å². The summed E-state index contributed by atoms with van der Waals surface area (Å²) >= 11 is 6.44. The molecule has 172 valence electrons. The van der Waals surface area contributed by atoms with Gasteiger partial charge in [0.25, 0.3) is 0 Å². The Morgan fingerprint density at radius 2 is 1.73 bits per heavy atom. The first-order valence-corrected chi connectivity index (χ1v) is 12.0. The molecule has 1 aromatic heterocycles. The Morgan fingerprint density at radius 1 is 1.09 bits per heavy atom. The molecule has 33 heavy (non-hydrogen) atoms. The van der Waals surface area contributed by atoms with E-state index in [1.165, 1.54) is 51.5 Å². The van der Waals surface area contributed by atoms with Gasteiger partial charge in [-0.1, -0.05) is 11.6 Å². The summed E-state index contributed by atoms with van der Waals surface area (Å²) in [6.07, 6.45) is 2.92. The van der Waals surface area contributed by atoms with Crippen molar-refractivity contribution >= 4 is 33.5 Å². The van der Waals surface area contributed by atoms with Gasteiger partial charge in [-0.05, 0) is 67.6 Å². The number of allylic oxidation sites excluding steroid dienone is 1. The van der Waals surface area contributed by atoms with E-state index < -0.39 is 10.0 Å². The van der Waals surface area contributed by atoms with E-state index in [0.29, 0.717) is 48.8 Å². The fourth-order valence-electron chi connectivity index (χ4n) is 3.44. The Morgan fingerprint density at radius 3 is 2.36 bits per heavy atom. The van der Waals surface area contributed by atoms with Crippen molar-refractivity contribution in [2.24, 2.45) is 0 Å². The van der Waals surface area contributed by atoms with Gasteiger partial charge in [0.2, 0.25) is 10.0 Å². The molecule has 3 aromatic rings. The lowest BCUT2D eigenvalue weighted by atomic mass is 10.1. The number of nitrogens with zero attached hydrogens (tertiary/aromatic N) is 3. The Hall–Kier alpha value is -2.85. The number of hydrogen-bond donors (Lipinski definition) is 0. The third-order valence-electron chi connectivity index (χ3n) is 5.27. The molecule has 0 unspecified atom stereocenters. The van der Waals surface area contributed by atoms with Gasteiger partial charge in [-0.25, -0.2) is 17.5 Å². The number of aryl methyl sites for hydroxylation is 1. The maximum Gasteiger partial charge on any atom is 0.243 e. The van der Waals surface area contributed by atoms with Crippen LogP contribution in [0.1, 0.15) is 21.6 Å². The second-order valence-corrected chi connectivity index (χ2v) is 9.71. The summed E-state index contributed by atoms with van der Waals surface area (Å²) in [6, 6.07) is 11.5. The van der Waals surface area contributed by atoms with E-state index in [1.807, 2.05) is 0 Å². The SMILES string of the molecule is Cc1nn(-c2ccc(F)cc2)c(Cl)c1/C=C/C(=O)c1ccc(S(=O)(=O)N2CCOCC2)cc1. The molecular weight excluding hydrogens is 469 g/mol. The van der Waals surface area contributed by atoms with Crippen molar-refractivity contribution in [1.29, 1.82) is 0 Å². The van der Waals surface area contributed by atoms with Gasteiger partial charge < -0.3 is 4.74 Å². The van der Waals surface area contributed by atoms with E-state index >= 15 is 0 Å². The van der Waals surface area contributed by atoms with Crippen molar-refractivity contribution in [2.75, 3.05) is 26.3 Å². The second kappa shape index (κ2) is 9.56. The number of ether oxygens (including phenoxy) is 1. The molecule has 0 spiro atoms. The summed E-state index contributed by atoms with van der Waals surface area (Å²) in [5.41, 5.74) is 2.08. The van der Waals surface area contributed by atoms with E-state index in [0.717, 1.165) is 0 Å². The van der Waals surface area contributed by atoms with E-state index in [2.05, 4.69) is 5.10 Å². The van der Waals surface area contributed by atoms with E-state index in [-0.39, 0.29) is 21.6 Å². The summed E-state index contributed by atoms with van der Waals surface area (Å²) in [5.74, 6) is -0.677. The molecule has 0 saturated carbocycles. The zero-order valence-corrected chi connectivity index (χ0v) is 19.3. The van der Waals surface area contributed by atoms with Gasteiger partial charge in [0.05, 0.1) is 29.5 Å². The van der Waals surface area contributed by atoms with Crippen molar-refractivity contribution in [2.45, 2.75) is 11.8 Å². The van der Waals surface area contributed by atoms with Gasteiger partial charge >= 0.3 is 0 Å². The number of aromatic nitrogens is 2. The minimum absolute atomic E-state index is 0.129. The zero-order valence-electron chi connectivity index (χ0n) is 17.7. The highest BCUT2D eigenvalue weighted by Crippen LogP contribution is 2.25. The zero-order chi connectivity index (χ0) is 23.6. The summed E-state index contributed by atoms with van der Waals surface area (Å²) in [6.45, 7) is 3.08. The van der Waals surface area contributed by atoms with Crippen molar-refractivity contribution in [3.8, 4) is 5.69 Å². The number of carbonyl (C=O) groups excluding carboxylic acids is 1. The number of benzene rings is 2. The van der Waals surface area contributed by atoms with Crippen LogP contribution in [0.5, 0.6) is 0 Å². The lowest BCUT2D eigenvalue weighted by molar-refractivity contribution is 0.0730. The topological polar surface area (TPSA) is 81.5 Å². The summed E-state index contributed by atoms with van der Waals surface area (Å²) in [4.78, 5) is 12.8. The van der Waals surface area contributed by atoms with Gasteiger partial charge in [-0.3, -0.25) is 4.79 Å². The van der Waals surface area contributed by atoms with Crippen LogP contribution in [0.25, 0.3) is 11.8 Å². The third-order valence-corrected chi connectivity index (χ3v) is 7.54. The van der Waals surface area contributed by atoms with Crippen LogP contribution in [-0.4, -0.2) is 54.6 Å². The number of carbonyl (C=O) groups is 1. The normalized spacial score (nSPS) is 15.2. The summed E-state index contributed by atoms with van der Waals surface area (Å²) in [7, 11) is -3.63. The minimum atomic E-state index is -3.63. The highest BCUT2D eigenvalue weighted by molar-refractivity contribution is 7.89. The fraction of sp³-hybridized carbons (Fsp3) is 0.217. The van der Waals surface area contributed by atoms with Crippen LogP contribution in [0.2, 0.25) is 5.15 Å². The standard InChI is InChI=1S/C23H21ClFN3O4S/c1-16-21(23(24)28(26-16)19-6-4-18(25)5-7-19)10-11-22(29)17-2-8-20(9-3-17)33(30,31)27-12-14-32-15-13-27/h2-11H,12-15H2,1H3/b11-10+. The van der Waals surface area contributed by atoms with Crippen LogP contribution in [0.3, 0.4) is 0 Å². The number of rotatable bonds is 6. The number of halogens is 2. The van der Waals surface area contributed by atoms with Gasteiger partial charge in [0.1, 0.15) is 11.0 Å². The Bertz CT molecular complexity index is 1300. The van der Waals surface area contributed by atoms with Gasteiger partial charge in [-0.15, -0.1) is 0 Å². The first kappa shape index (κ1) is 23.3. The van der Waals surface area contributed by atoms with E-state index in [9.17, 15) is 17.6 Å². The highest BCUT2D eigenvalue weighted by Gasteiger charge is 2.26. The maximum atomic E-state index is 13.2. The molecule has 2 aromatic carbocycles. The monoisotopic (exact) mass is 489 g/mol. The number of hydrogen-bond acceptors (Lipinski definition) is 5. The number of ketones is 1. The Balaban J connectivity index is 1.52. The summed E-state index contributed by atoms with van der Waals surface area (Å²) in [5, 5.41) is 4.65. The molecule has 0 N–H and O–H groups in total. The van der Waals surface area contributed by atoms with Gasteiger partial charge in [0.15, 0.2) is 5.78 Å². The Kier molecular flexibility index (Phi) is 6.76. The molecule has 0 bridgehead atoms. The van der Waals surface area contributed by atoms with Crippen LogP contribution in [0.4, 0.5) is 4.39 Å². The molecule has 1 fully saturated rings. The molecule has 0 amide bonds.